The molecule has 2 N–H and O–H groups in total. The average Bonchev–Trinajstić information content (AvgIpc) is 3.22. The molecule has 4 rings (SSSR count). The van der Waals surface area contributed by atoms with Crippen molar-refractivity contribution in [2.75, 3.05) is 0 Å². The van der Waals surface area contributed by atoms with Gasteiger partial charge in [-0.3, -0.25) is 14.4 Å². The number of amides is 1. The Bertz CT molecular complexity index is 1350. The van der Waals surface area contributed by atoms with Gasteiger partial charge in [-0.15, -0.1) is 0 Å². The van der Waals surface area contributed by atoms with Crippen molar-refractivity contribution in [2.24, 2.45) is 0 Å². The van der Waals surface area contributed by atoms with E-state index in [9.17, 15) is 14.4 Å². The lowest BCUT2D eigenvalue weighted by molar-refractivity contribution is 0.0946. The molecule has 30 heavy (non-hydrogen) atoms. The zero-order chi connectivity index (χ0) is 21.3. The number of carbonyl (C=O) groups is 1. The molecule has 0 atom stereocenters. The summed E-state index contributed by atoms with van der Waals surface area (Å²) in [7, 11) is 0. The maximum absolute atomic E-state index is 12.2. The van der Waals surface area contributed by atoms with Crippen molar-refractivity contribution in [3.63, 3.8) is 0 Å². The van der Waals surface area contributed by atoms with Crippen LogP contribution in [0.4, 0.5) is 0 Å². The average molecular weight is 405 g/mol. The van der Waals surface area contributed by atoms with E-state index in [-0.39, 0.29) is 18.3 Å². The van der Waals surface area contributed by atoms with Crippen LogP contribution in [-0.2, 0) is 13.1 Å². The number of carbonyl (C=O) groups excluding carboxylic acids is 1. The number of aromatic nitrogens is 4. The van der Waals surface area contributed by atoms with E-state index in [1.165, 1.54) is 4.57 Å². The highest BCUT2D eigenvalue weighted by Gasteiger charge is 2.13. The highest BCUT2D eigenvalue weighted by molar-refractivity contribution is 5.94. The Labute approximate surface area is 170 Å². The molecule has 1 amide bonds. The zero-order valence-electron chi connectivity index (χ0n) is 16.4. The predicted octanol–water partition coefficient (Wildman–Crippen LogP) is 2.00. The molecule has 0 fully saturated rings. The second-order valence-electron chi connectivity index (χ2n) is 6.80. The monoisotopic (exact) mass is 405 g/mol. The lowest BCUT2D eigenvalue weighted by Crippen LogP contribution is -2.35. The molecule has 4 aromatic rings. The highest BCUT2D eigenvalue weighted by Crippen LogP contribution is 2.20. The molecule has 9 nitrogen and oxygen atoms in total. The fourth-order valence-electron chi connectivity index (χ4n) is 3.14. The van der Waals surface area contributed by atoms with Gasteiger partial charge in [0.05, 0.1) is 17.6 Å². The maximum Gasteiger partial charge on any atom is 0.316 e. The van der Waals surface area contributed by atoms with E-state index in [1.54, 1.807) is 37.3 Å². The van der Waals surface area contributed by atoms with Gasteiger partial charge in [0.25, 0.3) is 5.91 Å². The van der Waals surface area contributed by atoms with Crippen molar-refractivity contribution in [1.82, 2.24) is 25.0 Å². The standard InChI is InChI=1S/C21H19N5O4/c1-3-26-16-9-8-14(10-15(16)23-20(28)21(26)29)18-24-17(30-25-18)11-22-19(27)13-6-4-12(2)5-7-13/h4-10H,3,11H2,1-2H3,(H,22,27)(H,23,28). The summed E-state index contributed by atoms with van der Waals surface area (Å²) in [6, 6.07) is 12.4. The number of aromatic amines is 1. The smallest absolute Gasteiger partial charge is 0.316 e. The lowest BCUT2D eigenvalue weighted by atomic mass is 10.1. The van der Waals surface area contributed by atoms with E-state index in [4.69, 9.17) is 4.52 Å². The van der Waals surface area contributed by atoms with Crippen LogP contribution in [0.5, 0.6) is 0 Å². The van der Waals surface area contributed by atoms with Crippen molar-refractivity contribution in [1.29, 1.82) is 0 Å². The van der Waals surface area contributed by atoms with Gasteiger partial charge in [0.2, 0.25) is 11.7 Å². The number of nitrogens with zero attached hydrogens (tertiary/aromatic N) is 3. The van der Waals surface area contributed by atoms with E-state index in [0.29, 0.717) is 34.5 Å². The number of nitrogens with one attached hydrogen (secondary N) is 2. The largest absolute Gasteiger partial charge is 0.343 e. The van der Waals surface area contributed by atoms with Crippen LogP contribution in [0.3, 0.4) is 0 Å². The molecule has 0 unspecified atom stereocenters. The van der Waals surface area contributed by atoms with E-state index < -0.39 is 11.1 Å². The molecule has 2 heterocycles. The lowest BCUT2D eigenvalue weighted by Gasteiger charge is -2.07. The minimum absolute atomic E-state index is 0.0828. The molecule has 152 valence electrons. The van der Waals surface area contributed by atoms with Gasteiger partial charge in [-0.2, -0.15) is 4.98 Å². The molecule has 0 bridgehead atoms. The fourth-order valence-corrected chi connectivity index (χ4v) is 3.14. The summed E-state index contributed by atoms with van der Waals surface area (Å²) < 4.78 is 6.62. The molecule has 0 aliphatic heterocycles. The first-order valence-corrected chi connectivity index (χ1v) is 9.41. The molecule has 0 radical (unpaired) electrons. The van der Waals surface area contributed by atoms with Gasteiger partial charge in [0.15, 0.2) is 0 Å². The maximum atomic E-state index is 12.2. The van der Waals surface area contributed by atoms with Crippen LogP contribution in [0.2, 0.25) is 0 Å². The summed E-state index contributed by atoms with van der Waals surface area (Å²) in [6.07, 6.45) is 0. The highest BCUT2D eigenvalue weighted by atomic mass is 16.5. The van der Waals surface area contributed by atoms with E-state index in [0.717, 1.165) is 5.56 Å². The summed E-state index contributed by atoms with van der Waals surface area (Å²) >= 11 is 0. The third kappa shape index (κ3) is 3.64. The third-order valence-corrected chi connectivity index (χ3v) is 4.73. The number of aryl methyl sites for hydroxylation is 2. The summed E-state index contributed by atoms with van der Waals surface area (Å²) in [4.78, 5) is 42.9. The Morgan fingerprint density at radius 2 is 1.93 bits per heavy atom. The molecule has 0 spiro atoms. The second kappa shape index (κ2) is 7.78. The van der Waals surface area contributed by atoms with Crippen molar-refractivity contribution in [3.8, 4) is 11.4 Å². The van der Waals surface area contributed by atoms with Crippen LogP contribution < -0.4 is 16.4 Å². The van der Waals surface area contributed by atoms with Crippen molar-refractivity contribution < 1.29 is 9.32 Å². The third-order valence-electron chi connectivity index (χ3n) is 4.73. The van der Waals surface area contributed by atoms with Gasteiger partial charge in [0, 0.05) is 17.7 Å². The topological polar surface area (TPSA) is 123 Å². The minimum atomic E-state index is -0.686. The molecule has 0 aliphatic carbocycles. The van der Waals surface area contributed by atoms with Gasteiger partial charge in [-0.05, 0) is 44.2 Å². The van der Waals surface area contributed by atoms with Gasteiger partial charge in [-0.25, -0.2) is 0 Å². The number of benzene rings is 2. The zero-order valence-corrected chi connectivity index (χ0v) is 16.4. The molecule has 0 saturated heterocycles. The van der Waals surface area contributed by atoms with Crippen LogP contribution in [-0.4, -0.2) is 25.6 Å². The first-order chi connectivity index (χ1) is 14.5. The molecule has 2 aromatic heterocycles. The summed E-state index contributed by atoms with van der Waals surface area (Å²) in [6.45, 7) is 4.21. The second-order valence-corrected chi connectivity index (χ2v) is 6.80. The van der Waals surface area contributed by atoms with E-state index in [2.05, 4.69) is 20.4 Å². The first kappa shape index (κ1) is 19.3. The quantitative estimate of drug-likeness (QED) is 0.490. The Balaban J connectivity index is 1.55. The SMILES string of the molecule is CCn1c(=O)c(=O)[nH]c2cc(-c3noc(CNC(=O)c4ccc(C)cc4)n3)ccc21. The molecular weight excluding hydrogens is 386 g/mol. The Hall–Kier alpha value is -4.01. The molecule has 0 aliphatic rings. The van der Waals surface area contributed by atoms with Crippen molar-refractivity contribution >= 4 is 16.9 Å². The number of H-pyrrole nitrogens is 1. The number of fused-ring (bicyclic) bond motifs is 1. The summed E-state index contributed by atoms with van der Waals surface area (Å²) in [5.41, 5.74) is 2.05. The fraction of sp³-hybridized carbons (Fsp3) is 0.190. The molecule has 2 aromatic carbocycles. The van der Waals surface area contributed by atoms with Gasteiger partial charge in [-0.1, -0.05) is 22.9 Å². The van der Waals surface area contributed by atoms with Crippen LogP contribution in [0.15, 0.2) is 56.6 Å². The summed E-state index contributed by atoms with van der Waals surface area (Å²) in [5.74, 6) is 0.319. The Morgan fingerprint density at radius 3 is 2.67 bits per heavy atom. The van der Waals surface area contributed by atoms with E-state index >= 15 is 0 Å². The van der Waals surface area contributed by atoms with Crippen LogP contribution in [0.1, 0.15) is 28.7 Å². The Morgan fingerprint density at radius 1 is 1.17 bits per heavy atom. The normalized spacial score (nSPS) is 11.0. The van der Waals surface area contributed by atoms with Crippen LogP contribution in [0.25, 0.3) is 22.4 Å². The van der Waals surface area contributed by atoms with Gasteiger partial charge in [0.1, 0.15) is 0 Å². The van der Waals surface area contributed by atoms with E-state index in [1.807, 2.05) is 19.1 Å². The minimum Gasteiger partial charge on any atom is -0.343 e. The van der Waals surface area contributed by atoms with Crippen molar-refractivity contribution in [2.45, 2.75) is 26.9 Å². The molecular formula is C21H19N5O4. The Kier molecular flexibility index (Phi) is 5.01. The van der Waals surface area contributed by atoms with Crippen LogP contribution in [0, 0.1) is 6.92 Å². The van der Waals surface area contributed by atoms with Crippen LogP contribution >= 0.6 is 0 Å². The number of hydrogen-bond acceptors (Lipinski definition) is 6. The number of rotatable bonds is 5. The molecule has 9 heteroatoms. The van der Waals surface area contributed by atoms with Crippen molar-refractivity contribution in [3.05, 3.63) is 80.2 Å². The number of hydrogen-bond donors (Lipinski definition) is 2. The first-order valence-electron chi connectivity index (χ1n) is 9.41. The predicted molar refractivity (Wildman–Crippen MR) is 110 cm³/mol. The summed E-state index contributed by atoms with van der Waals surface area (Å²) in [5, 5.41) is 6.68. The van der Waals surface area contributed by atoms with Gasteiger partial charge < -0.3 is 19.4 Å². The molecule has 0 saturated carbocycles. The van der Waals surface area contributed by atoms with Gasteiger partial charge >= 0.3 is 11.1 Å².